The molecule has 158 valence electrons. The molecule has 3 aromatic rings. The molecule has 0 aliphatic heterocycles. The number of carbonyl (C=O) groups is 1. The molecule has 0 atom stereocenters. The first kappa shape index (κ1) is 21.6. The summed E-state index contributed by atoms with van der Waals surface area (Å²) in [5.74, 6) is 1.60. The molecule has 1 amide bonds. The van der Waals surface area contributed by atoms with E-state index in [-0.39, 0.29) is 5.91 Å². The summed E-state index contributed by atoms with van der Waals surface area (Å²) in [6.07, 6.45) is 1.22. The van der Waals surface area contributed by atoms with Crippen LogP contribution in [0.2, 0.25) is 0 Å². The maximum atomic E-state index is 12.8. The maximum absolute atomic E-state index is 12.8. The van der Waals surface area contributed by atoms with Crippen LogP contribution in [0.15, 0.2) is 42.5 Å². The summed E-state index contributed by atoms with van der Waals surface area (Å²) in [7, 11) is 4.69. The van der Waals surface area contributed by atoms with Gasteiger partial charge in [-0.3, -0.25) is 9.69 Å². The molecule has 8 heteroatoms. The molecule has 0 saturated carbocycles. The standard InChI is InChI=1S/C22H25N3O4S/c1-5-9-19(26)25(14-15-10-7-6-8-11-15)22-24-23-21(30-22)16-12-17(27-2)20(29-4)18(13-16)28-3/h6-8,10-13H,5,9,14H2,1-4H3. The van der Waals surface area contributed by atoms with Crippen LogP contribution in [0.3, 0.4) is 0 Å². The molecule has 0 aliphatic rings. The van der Waals surface area contributed by atoms with Crippen molar-refractivity contribution in [2.45, 2.75) is 26.3 Å². The van der Waals surface area contributed by atoms with Gasteiger partial charge in [0.2, 0.25) is 16.8 Å². The normalized spacial score (nSPS) is 10.5. The van der Waals surface area contributed by atoms with Gasteiger partial charge >= 0.3 is 0 Å². The zero-order valence-electron chi connectivity index (χ0n) is 17.5. The Morgan fingerprint density at radius 3 is 2.23 bits per heavy atom. The monoisotopic (exact) mass is 427 g/mol. The van der Waals surface area contributed by atoms with E-state index in [1.807, 2.05) is 49.4 Å². The average molecular weight is 428 g/mol. The minimum absolute atomic E-state index is 0.0222. The first-order valence-electron chi connectivity index (χ1n) is 9.59. The lowest BCUT2D eigenvalue weighted by Gasteiger charge is -2.19. The van der Waals surface area contributed by atoms with E-state index >= 15 is 0 Å². The Bertz CT molecular complexity index is 966. The lowest BCUT2D eigenvalue weighted by molar-refractivity contribution is -0.118. The van der Waals surface area contributed by atoms with E-state index in [0.29, 0.717) is 40.4 Å². The zero-order valence-corrected chi connectivity index (χ0v) is 18.4. The summed E-state index contributed by atoms with van der Waals surface area (Å²) < 4.78 is 16.2. The molecule has 30 heavy (non-hydrogen) atoms. The highest BCUT2D eigenvalue weighted by Gasteiger charge is 2.22. The van der Waals surface area contributed by atoms with Crippen LogP contribution >= 0.6 is 11.3 Å². The molecule has 1 aromatic heterocycles. The number of methoxy groups -OCH3 is 3. The van der Waals surface area contributed by atoms with Crippen molar-refractivity contribution in [3.05, 3.63) is 48.0 Å². The minimum Gasteiger partial charge on any atom is -0.493 e. The molecule has 1 heterocycles. The van der Waals surface area contributed by atoms with E-state index < -0.39 is 0 Å². The van der Waals surface area contributed by atoms with Gasteiger partial charge in [0.05, 0.1) is 27.9 Å². The number of amides is 1. The first-order chi connectivity index (χ1) is 14.6. The molecular weight excluding hydrogens is 402 g/mol. The van der Waals surface area contributed by atoms with Crippen LogP contribution in [0.25, 0.3) is 10.6 Å². The van der Waals surface area contributed by atoms with Gasteiger partial charge in [0.15, 0.2) is 11.5 Å². The second-order valence-corrected chi connectivity index (χ2v) is 7.48. The first-order valence-corrected chi connectivity index (χ1v) is 10.4. The number of nitrogens with zero attached hydrogens (tertiary/aromatic N) is 3. The fourth-order valence-electron chi connectivity index (χ4n) is 3.02. The van der Waals surface area contributed by atoms with Crippen LogP contribution in [0.1, 0.15) is 25.3 Å². The second-order valence-electron chi connectivity index (χ2n) is 6.52. The fraction of sp³-hybridized carbons (Fsp3) is 0.318. The summed E-state index contributed by atoms with van der Waals surface area (Å²) in [6.45, 7) is 2.43. The van der Waals surface area contributed by atoms with Crippen molar-refractivity contribution in [1.82, 2.24) is 10.2 Å². The summed E-state index contributed by atoms with van der Waals surface area (Å²) in [6, 6.07) is 13.5. The van der Waals surface area contributed by atoms with Crippen molar-refractivity contribution in [1.29, 1.82) is 0 Å². The van der Waals surface area contributed by atoms with Gasteiger partial charge in [-0.05, 0) is 24.1 Å². The maximum Gasteiger partial charge on any atom is 0.229 e. The van der Waals surface area contributed by atoms with Gasteiger partial charge < -0.3 is 14.2 Å². The second kappa shape index (κ2) is 10.1. The number of rotatable bonds is 9. The summed E-state index contributed by atoms with van der Waals surface area (Å²) in [5, 5.41) is 9.84. The third-order valence-corrected chi connectivity index (χ3v) is 5.50. The Balaban J connectivity index is 1.97. The van der Waals surface area contributed by atoms with Gasteiger partial charge in [0, 0.05) is 12.0 Å². The Hall–Kier alpha value is -3.13. The highest BCUT2D eigenvalue weighted by atomic mass is 32.1. The van der Waals surface area contributed by atoms with Crippen molar-refractivity contribution in [3.8, 4) is 27.8 Å². The van der Waals surface area contributed by atoms with E-state index in [4.69, 9.17) is 14.2 Å². The molecule has 0 unspecified atom stereocenters. The van der Waals surface area contributed by atoms with E-state index in [2.05, 4.69) is 10.2 Å². The predicted molar refractivity (Wildman–Crippen MR) is 118 cm³/mol. The Kier molecular flexibility index (Phi) is 7.24. The van der Waals surface area contributed by atoms with Crippen LogP contribution in [0.4, 0.5) is 5.13 Å². The topological polar surface area (TPSA) is 73.8 Å². The fourth-order valence-corrected chi connectivity index (χ4v) is 3.87. The largest absolute Gasteiger partial charge is 0.493 e. The van der Waals surface area contributed by atoms with Crippen LogP contribution in [0, 0.1) is 0 Å². The quantitative estimate of drug-likeness (QED) is 0.498. The van der Waals surface area contributed by atoms with Crippen LogP contribution in [0.5, 0.6) is 17.2 Å². The van der Waals surface area contributed by atoms with Crippen LogP contribution < -0.4 is 19.1 Å². The number of hydrogen-bond acceptors (Lipinski definition) is 7. The van der Waals surface area contributed by atoms with Crippen LogP contribution in [-0.4, -0.2) is 37.4 Å². The van der Waals surface area contributed by atoms with E-state index in [1.54, 1.807) is 26.2 Å². The third kappa shape index (κ3) is 4.71. The van der Waals surface area contributed by atoms with Crippen molar-refractivity contribution >= 4 is 22.4 Å². The molecule has 7 nitrogen and oxygen atoms in total. The number of hydrogen-bond donors (Lipinski definition) is 0. The average Bonchev–Trinajstić information content (AvgIpc) is 3.27. The lowest BCUT2D eigenvalue weighted by Crippen LogP contribution is -2.30. The van der Waals surface area contributed by atoms with Gasteiger partial charge in [0.25, 0.3) is 0 Å². The molecular formula is C22H25N3O4S. The molecule has 0 radical (unpaired) electrons. The number of aromatic nitrogens is 2. The summed E-state index contributed by atoms with van der Waals surface area (Å²) >= 11 is 1.35. The molecule has 2 aromatic carbocycles. The Labute approximate surface area is 180 Å². The van der Waals surface area contributed by atoms with E-state index in [0.717, 1.165) is 17.5 Å². The highest BCUT2D eigenvalue weighted by Crippen LogP contribution is 2.42. The number of carbonyl (C=O) groups excluding carboxylic acids is 1. The summed E-state index contributed by atoms with van der Waals surface area (Å²) in [4.78, 5) is 14.5. The third-order valence-electron chi connectivity index (χ3n) is 4.51. The highest BCUT2D eigenvalue weighted by molar-refractivity contribution is 7.18. The van der Waals surface area contributed by atoms with E-state index in [9.17, 15) is 4.79 Å². The van der Waals surface area contributed by atoms with Crippen molar-refractivity contribution < 1.29 is 19.0 Å². The summed E-state index contributed by atoms with van der Waals surface area (Å²) in [5.41, 5.74) is 1.81. The Morgan fingerprint density at radius 1 is 1.00 bits per heavy atom. The SMILES string of the molecule is CCCC(=O)N(Cc1ccccc1)c1nnc(-c2cc(OC)c(OC)c(OC)c2)s1. The smallest absolute Gasteiger partial charge is 0.229 e. The molecule has 0 aliphatic carbocycles. The van der Waals surface area contributed by atoms with Gasteiger partial charge in [-0.15, -0.1) is 10.2 Å². The zero-order chi connectivity index (χ0) is 21.5. The van der Waals surface area contributed by atoms with Crippen molar-refractivity contribution in [2.75, 3.05) is 26.2 Å². The lowest BCUT2D eigenvalue weighted by atomic mass is 10.2. The van der Waals surface area contributed by atoms with Gasteiger partial charge in [-0.1, -0.05) is 48.6 Å². The number of benzene rings is 2. The Morgan fingerprint density at radius 2 is 1.67 bits per heavy atom. The molecule has 3 rings (SSSR count). The molecule has 0 N–H and O–H groups in total. The molecule has 0 spiro atoms. The van der Waals surface area contributed by atoms with Crippen molar-refractivity contribution in [3.63, 3.8) is 0 Å². The van der Waals surface area contributed by atoms with E-state index in [1.165, 1.54) is 11.3 Å². The molecule has 0 saturated heterocycles. The van der Waals surface area contributed by atoms with Gasteiger partial charge in [-0.2, -0.15) is 0 Å². The minimum atomic E-state index is 0.0222. The van der Waals surface area contributed by atoms with Gasteiger partial charge in [-0.25, -0.2) is 0 Å². The predicted octanol–water partition coefficient (Wildman–Crippen LogP) is 4.56. The molecule has 0 fully saturated rings. The molecule has 0 bridgehead atoms. The number of anilines is 1. The van der Waals surface area contributed by atoms with Crippen molar-refractivity contribution in [2.24, 2.45) is 0 Å². The van der Waals surface area contributed by atoms with Gasteiger partial charge in [0.1, 0.15) is 5.01 Å². The van der Waals surface area contributed by atoms with Crippen LogP contribution in [-0.2, 0) is 11.3 Å². The number of ether oxygens (including phenoxy) is 3.